The summed E-state index contributed by atoms with van der Waals surface area (Å²) in [6.45, 7) is 3.62. The third-order valence-electron chi connectivity index (χ3n) is 1.42. The van der Waals surface area contributed by atoms with Gasteiger partial charge in [-0.1, -0.05) is 0 Å². The molecule has 1 heterocycles. The molecule has 1 aliphatic rings. The van der Waals surface area contributed by atoms with Gasteiger partial charge in [0.05, 0.1) is 6.61 Å². The van der Waals surface area contributed by atoms with Crippen molar-refractivity contribution in [3.05, 3.63) is 10.1 Å². The fraction of sp³-hybridized carbons (Fsp3) is 1.00. The quantitative estimate of drug-likeness (QED) is 0.434. The van der Waals surface area contributed by atoms with Crippen molar-refractivity contribution in [1.29, 1.82) is 0 Å². The van der Waals surface area contributed by atoms with Crippen molar-refractivity contribution >= 4 is 0 Å². The van der Waals surface area contributed by atoms with Gasteiger partial charge in [-0.2, -0.15) is 0 Å². The number of nitrogens with zero attached hydrogens (tertiary/aromatic N) is 1. The van der Waals surface area contributed by atoms with Gasteiger partial charge in [0.25, 0.3) is 0 Å². The van der Waals surface area contributed by atoms with E-state index in [4.69, 9.17) is 9.47 Å². The van der Waals surface area contributed by atoms with Gasteiger partial charge in [-0.25, -0.2) is 0 Å². The van der Waals surface area contributed by atoms with E-state index in [9.17, 15) is 10.1 Å². The minimum atomic E-state index is -0.652. The summed E-state index contributed by atoms with van der Waals surface area (Å²) in [6.07, 6.45) is -0.389. The molecular weight excluding hydrogens is 150 g/mol. The van der Waals surface area contributed by atoms with Crippen molar-refractivity contribution in [2.45, 2.75) is 25.7 Å². The van der Waals surface area contributed by atoms with Gasteiger partial charge in [0.1, 0.15) is 6.10 Å². The smallest absolute Gasteiger partial charge is 0.232 e. The summed E-state index contributed by atoms with van der Waals surface area (Å²) < 4.78 is 10.3. The zero-order valence-electron chi connectivity index (χ0n) is 6.57. The van der Waals surface area contributed by atoms with Crippen LogP contribution >= 0.6 is 0 Å². The predicted molar refractivity (Wildman–Crippen MR) is 36.8 cm³/mol. The number of hydrogen-bond donors (Lipinski definition) is 0. The lowest BCUT2D eigenvalue weighted by Crippen LogP contribution is -2.25. The number of ether oxygens (including phenoxy) is 2. The van der Waals surface area contributed by atoms with Gasteiger partial charge in [0.15, 0.2) is 5.79 Å². The van der Waals surface area contributed by atoms with E-state index in [0.717, 1.165) is 0 Å². The molecule has 0 aromatic carbocycles. The topological polar surface area (TPSA) is 61.6 Å². The maximum atomic E-state index is 10.0. The predicted octanol–water partition coefficient (Wildman–Crippen LogP) is 0.415. The maximum Gasteiger partial charge on any atom is 0.232 e. The molecule has 1 aliphatic heterocycles. The minimum Gasteiger partial charge on any atom is -0.348 e. The third-order valence-corrected chi connectivity index (χ3v) is 1.42. The van der Waals surface area contributed by atoms with Crippen LogP contribution < -0.4 is 0 Å². The van der Waals surface area contributed by atoms with E-state index in [1.165, 1.54) is 0 Å². The van der Waals surface area contributed by atoms with Crippen LogP contribution in [0.3, 0.4) is 0 Å². The van der Waals surface area contributed by atoms with Gasteiger partial charge in [-0.05, 0) is 13.8 Å². The van der Waals surface area contributed by atoms with E-state index in [1.807, 2.05) is 0 Å². The summed E-state index contributed by atoms with van der Waals surface area (Å²) in [5.41, 5.74) is 0. The number of rotatable bonds is 2. The molecule has 0 aromatic rings. The second kappa shape index (κ2) is 2.75. The molecule has 0 saturated carbocycles. The van der Waals surface area contributed by atoms with Crippen molar-refractivity contribution in [2.24, 2.45) is 0 Å². The molecule has 1 fully saturated rings. The van der Waals surface area contributed by atoms with Crippen LogP contribution in [0, 0.1) is 10.1 Å². The van der Waals surface area contributed by atoms with Crippen LogP contribution in [0.25, 0.3) is 0 Å². The normalized spacial score (nSPS) is 28.7. The Morgan fingerprint density at radius 2 is 2.36 bits per heavy atom. The summed E-state index contributed by atoms with van der Waals surface area (Å²) in [7, 11) is 0. The number of nitro groups is 1. The average Bonchev–Trinajstić information content (AvgIpc) is 2.08. The summed E-state index contributed by atoms with van der Waals surface area (Å²) in [4.78, 5) is 9.64. The first-order valence-corrected chi connectivity index (χ1v) is 3.43. The van der Waals surface area contributed by atoms with E-state index in [1.54, 1.807) is 13.8 Å². The maximum absolute atomic E-state index is 10.0. The molecule has 0 bridgehead atoms. The highest BCUT2D eigenvalue weighted by atomic mass is 16.7. The van der Waals surface area contributed by atoms with E-state index < -0.39 is 10.7 Å². The molecule has 0 radical (unpaired) electrons. The van der Waals surface area contributed by atoms with Crippen LogP contribution in [0.5, 0.6) is 0 Å². The summed E-state index contributed by atoms with van der Waals surface area (Å²) in [5, 5.41) is 10.0. The van der Waals surface area contributed by atoms with Crippen molar-refractivity contribution in [1.82, 2.24) is 0 Å². The van der Waals surface area contributed by atoms with E-state index in [2.05, 4.69) is 0 Å². The van der Waals surface area contributed by atoms with Crippen LogP contribution in [0.15, 0.2) is 0 Å². The van der Waals surface area contributed by atoms with Crippen LogP contribution in [0.4, 0.5) is 0 Å². The lowest BCUT2D eigenvalue weighted by atomic mass is 10.4. The lowest BCUT2D eigenvalue weighted by molar-refractivity contribution is -0.490. The van der Waals surface area contributed by atoms with Gasteiger partial charge in [-0.15, -0.1) is 0 Å². The molecule has 0 N–H and O–H groups in total. The molecule has 0 amide bonds. The zero-order chi connectivity index (χ0) is 8.48. The average molecular weight is 161 g/mol. The van der Waals surface area contributed by atoms with Crippen molar-refractivity contribution in [3.63, 3.8) is 0 Å². The van der Waals surface area contributed by atoms with Gasteiger partial charge in [-0.3, -0.25) is 10.1 Å². The Balaban J connectivity index is 2.36. The fourth-order valence-electron chi connectivity index (χ4n) is 1.02. The fourth-order valence-corrected chi connectivity index (χ4v) is 1.02. The minimum absolute atomic E-state index is 0.177. The molecule has 11 heavy (non-hydrogen) atoms. The molecule has 0 spiro atoms. The summed E-state index contributed by atoms with van der Waals surface area (Å²) in [6, 6.07) is 0. The van der Waals surface area contributed by atoms with Crippen LogP contribution in [0.2, 0.25) is 0 Å². The highest BCUT2D eigenvalue weighted by Crippen LogP contribution is 2.21. The molecule has 1 unspecified atom stereocenters. The molecular formula is C6H11NO4. The van der Waals surface area contributed by atoms with Gasteiger partial charge < -0.3 is 9.47 Å². The van der Waals surface area contributed by atoms with Crippen molar-refractivity contribution < 1.29 is 14.4 Å². The molecule has 1 rings (SSSR count). The first-order valence-electron chi connectivity index (χ1n) is 3.43. The number of hydrogen-bond acceptors (Lipinski definition) is 4. The second-order valence-electron chi connectivity index (χ2n) is 2.97. The molecule has 64 valence electrons. The Morgan fingerprint density at radius 3 is 2.73 bits per heavy atom. The molecule has 1 atom stereocenters. The Bertz CT molecular complexity index is 168. The molecule has 1 saturated heterocycles. The molecule has 0 aromatic heterocycles. The zero-order valence-corrected chi connectivity index (χ0v) is 6.57. The van der Waals surface area contributed by atoms with E-state index in [0.29, 0.717) is 6.61 Å². The highest BCUT2D eigenvalue weighted by Gasteiger charge is 2.35. The van der Waals surface area contributed by atoms with Crippen LogP contribution in [0.1, 0.15) is 13.8 Å². The second-order valence-corrected chi connectivity index (χ2v) is 2.97. The largest absolute Gasteiger partial charge is 0.348 e. The molecule has 0 aliphatic carbocycles. The summed E-state index contributed by atoms with van der Waals surface area (Å²) in [5.74, 6) is -0.652. The molecule has 5 nitrogen and oxygen atoms in total. The van der Waals surface area contributed by atoms with Gasteiger partial charge in [0.2, 0.25) is 6.54 Å². The van der Waals surface area contributed by atoms with Crippen molar-refractivity contribution in [2.75, 3.05) is 13.2 Å². The first kappa shape index (κ1) is 8.42. The summed E-state index contributed by atoms with van der Waals surface area (Å²) >= 11 is 0. The Morgan fingerprint density at radius 1 is 1.73 bits per heavy atom. The van der Waals surface area contributed by atoms with Crippen molar-refractivity contribution in [3.8, 4) is 0 Å². The first-order chi connectivity index (χ1) is 4.99. The van der Waals surface area contributed by atoms with Crippen LogP contribution in [-0.4, -0.2) is 30.0 Å². The van der Waals surface area contributed by atoms with Crippen LogP contribution in [-0.2, 0) is 9.47 Å². The SMILES string of the molecule is CC1(C)OCC(C[N+](=O)[O-])O1. The Hall–Kier alpha value is -0.680. The van der Waals surface area contributed by atoms with Gasteiger partial charge >= 0.3 is 0 Å². The third kappa shape index (κ3) is 2.44. The molecule has 5 heteroatoms. The lowest BCUT2D eigenvalue weighted by Gasteiger charge is -2.15. The monoisotopic (exact) mass is 161 g/mol. The van der Waals surface area contributed by atoms with E-state index in [-0.39, 0.29) is 12.6 Å². The standard InChI is InChI=1S/C6H11NO4/c1-6(2)10-4-5(11-6)3-7(8)9/h5H,3-4H2,1-2H3. The Kier molecular flexibility index (Phi) is 2.10. The van der Waals surface area contributed by atoms with E-state index >= 15 is 0 Å². The highest BCUT2D eigenvalue weighted by molar-refractivity contribution is 4.69. The van der Waals surface area contributed by atoms with Gasteiger partial charge in [0, 0.05) is 4.92 Å². The Labute approximate surface area is 64.4 Å².